The highest BCUT2D eigenvalue weighted by Crippen LogP contribution is 2.38. The van der Waals surface area contributed by atoms with Crippen molar-refractivity contribution in [3.8, 4) is 5.75 Å². The molecule has 0 bridgehead atoms. The first kappa shape index (κ1) is 30.8. The van der Waals surface area contributed by atoms with E-state index < -0.39 is 0 Å². The number of carbonyl (C=O) groups is 2. The maximum atomic E-state index is 13.7. The highest BCUT2D eigenvalue weighted by molar-refractivity contribution is 5.84. The van der Waals surface area contributed by atoms with Crippen molar-refractivity contribution >= 4 is 11.8 Å². The normalized spacial score (nSPS) is 24.6. The largest absolute Gasteiger partial charge is 0.493 e. The molecular formula is C33H54N4O3. The molecule has 4 rings (SSSR count). The lowest BCUT2D eigenvalue weighted by atomic mass is 9.86. The fourth-order valence-corrected chi connectivity index (χ4v) is 6.71. The van der Waals surface area contributed by atoms with Crippen molar-refractivity contribution in [3.63, 3.8) is 0 Å². The maximum Gasteiger partial charge on any atom is 0.236 e. The molecule has 3 atom stereocenters. The second-order valence-electron chi connectivity index (χ2n) is 13.0. The van der Waals surface area contributed by atoms with Crippen LogP contribution < -0.4 is 4.74 Å². The molecular weight excluding hydrogens is 500 g/mol. The predicted molar refractivity (Wildman–Crippen MR) is 162 cm³/mol. The second-order valence-corrected chi connectivity index (χ2v) is 13.0. The van der Waals surface area contributed by atoms with Crippen molar-refractivity contribution in [3.05, 3.63) is 29.3 Å². The summed E-state index contributed by atoms with van der Waals surface area (Å²) in [4.78, 5) is 35.7. The Bertz CT molecular complexity index is 998. The van der Waals surface area contributed by atoms with E-state index in [1.165, 1.54) is 11.1 Å². The molecule has 7 heteroatoms. The van der Waals surface area contributed by atoms with Crippen LogP contribution in [0.5, 0.6) is 5.75 Å². The van der Waals surface area contributed by atoms with E-state index in [9.17, 15) is 9.59 Å². The number of benzene rings is 1. The Kier molecular flexibility index (Phi) is 10.9. The van der Waals surface area contributed by atoms with Crippen LogP contribution in [0.2, 0.25) is 0 Å². The van der Waals surface area contributed by atoms with Crippen molar-refractivity contribution in [2.24, 2.45) is 5.41 Å². The zero-order valence-electron chi connectivity index (χ0n) is 25.9. The number of amides is 2. The number of rotatable bonds is 15. The summed E-state index contributed by atoms with van der Waals surface area (Å²) in [5.41, 5.74) is 2.48. The summed E-state index contributed by atoms with van der Waals surface area (Å²) >= 11 is 0. The number of unbranched alkanes of at least 4 members (excludes halogenated alkanes) is 2. The molecule has 1 aromatic carbocycles. The summed E-state index contributed by atoms with van der Waals surface area (Å²) in [7, 11) is 4.22. The van der Waals surface area contributed by atoms with E-state index in [1.54, 1.807) is 0 Å². The van der Waals surface area contributed by atoms with Gasteiger partial charge in [-0.15, -0.1) is 0 Å². The Balaban J connectivity index is 1.43. The van der Waals surface area contributed by atoms with Gasteiger partial charge in [-0.2, -0.15) is 0 Å². The van der Waals surface area contributed by atoms with Gasteiger partial charge in [0.15, 0.2) is 0 Å². The summed E-state index contributed by atoms with van der Waals surface area (Å²) in [6.07, 6.45) is 9.11. The zero-order valence-corrected chi connectivity index (χ0v) is 25.9. The minimum Gasteiger partial charge on any atom is -0.493 e. The predicted octanol–water partition coefficient (Wildman–Crippen LogP) is 4.79. The molecule has 224 valence electrons. The molecule has 7 nitrogen and oxygen atoms in total. The number of likely N-dealkylation sites (tertiary alicyclic amines) is 2. The third kappa shape index (κ3) is 7.58. The SMILES string of the molecule is CCCCN(CCCCN(C)C)C(=O)CN1C[C@H](c2ccc3c(c2)CCO3)C[C@@H]1CCN1CCC(C)(CC)C1=O. The number of fused-ring (bicyclic) bond motifs is 1. The number of hydrogen-bond acceptors (Lipinski definition) is 5. The van der Waals surface area contributed by atoms with Gasteiger partial charge in [-0.05, 0) is 88.7 Å². The minimum absolute atomic E-state index is 0.202. The van der Waals surface area contributed by atoms with Crippen LogP contribution in [0.1, 0.15) is 89.2 Å². The van der Waals surface area contributed by atoms with Crippen LogP contribution in [0.25, 0.3) is 0 Å². The minimum atomic E-state index is -0.202. The number of carbonyl (C=O) groups excluding carboxylic acids is 2. The number of hydrogen-bond donors (Lipinski definition) is 0. The van der Waals surface area contributed by atoms with Gasteiger partial charge in [-0.3, -0.25) is 14.5 Å². The van der Waals surface area contributed by atoms with Gasteiger partial charge in [0, 0.05) is 50.6 Å². The van der Waals surface area contributed by atoms with Crippen molar-refractivity contribution < 1.29 is 14.3 Å². The molecule has 3 aliphatic rings. The van der Waals surface area contributed by atoms with Crippen molar-refractivity contribution in [1.82, 2.24) is 19.6 Å². The molecule has 0 aliphatic carbocycles. The molecule has 40 heavy (non-hydrogen) atoms. The van der Waals surface area contributed by atoms with E-state index in [0.717, 1.165) is 109 Å². The highest BCUT2D eigenvalue weighted by atomic mass is 16.5. The lowest BCUT2D eigenvalue weighted by Gasteiger charge is -2.30. The Morgan fingerprint density at radius 2 is 1.90 bits per heavy atom. The van der Waals surface area contributed by atoms with Gasteiger partial charge >= 0.3 is 0 Å². The summed E-state index contributed by atoms with van der Waals surface area (Å²) in [5.74, 6) is 2.01. The van der Waals surface area contributed by atoms with E-state index in [-0.39, 0.29) is 11.3 Å². The molecule has 1 unspecified atom stereocenters. The monoisotopic (exact) mass is 554 g/mol. The summed E-state index contributed by atoms with van der Waals surface area (Å²) in [6.45, 7) is 13.0. The van der Waals surface area contributed by atoms with Crippen LogP contribution in [0, 0.1) is 5.41 Å². The third-order valence-electron chi connectivity index (χ3n) is 9.72. The Hall–Kier alpha value is -2.12. The fraction of sp³-hybridized carbons (Fsp3) is 0.758. The smallest absolute Gasteiger partial charge is 0.236 e. The van der Waals surface area contributed by atoms with Gasteiger partial charge in [-0.25, -0.2) is 0 Å². The standard InChI is InChI=1S/C33H54N4O3/c1-6-8-17-35(18-10-9-16-34(4)5)31(38)25-37-24-28(26-11-12-30-27(22-26)14-21-40-30)23-29(37)13-19-36-20-15-33(3,7-2)32(36)39/h11-12,22,28-29H,6-10,13-21,23-25H2,1-5H3/t28-,29+,33?/m1/s1. The Labute approximate surface area is 243 Å². The van der Waals surface area contributed by atoms with Crippen molar-refractivity contribution in [2.45, 2.75) is 90.5 Å². The van der Waals surface area contributed by atoms with Crippen LogP contribution in [-0.2, 0) is 16.0 Å². The first-order chi connectivity index (χ1) is 19.2. The van der Waals surface area contributed by atoms with E-state index in [4.69, 9.17) is 4.74 Å². The third-order valence-corrected chi connectivity index (χ3v) is 9.72. The van der Waals surface area contributed by atoms with Crippen LogP contribution in [0.3, 0.4) is 0 Å². The molecule has 3 heterocycles. The molecule has 2 saturated heterocycles. The van der Waals surface area contributed by atoms with E-state index >= 15 is 0 Å². The average Bonchev–Trinajstić information content (AvgIpc) is 3.65. The molecule has 0 spiro atoms. The average molecular weight is 555 g/mol. The van der Waals surface area contributed by atoms with Crippen LogP contribution in [-0.4, -0.2) is 104 Å². The molecule has 0 N–H and O–H groups in total. The first-order valence-electron chi connectivity index (χ1n) is 16.0. The lowest BCUT2D eigenvalue weighted by Crippen LogP contribution is -2.44. The van der Waals surface area contributed by atoms with E-state index in [2.05, 4.69) is 72.7 Å². The van der Waals surface area contributed by atoms with Crippen molar-refractivity contribution in [1.29, 1.82) is 0 Å². The fourth-order valence-electron chi connectivity index (χ4n) is 6.71. The molecule has 3 aliphatic heterocycles. The van der Waals surface area contributed by atoms with Gasteiger partial charge < -0.3 is 19.4 Å². The van der Waals surface area contributed by atoms with Gasteiger partial charge in [0.05, 0.1) is 13.2 Å². The summed E-state index contributed by atoms with van der Waals surface area (Å²) in [5, 5.41) is 0. The second kappa shape index (κ2) is 14.2. The topological polar surface area (TPSA) is 56.3 Å². The molecule has 1 aromatic rings. The molecule has 2 fully saturated rings. The maximum absolute atomic E-state index is 13.7. The summed E-state index contributed by atoms with van der Waals surface area (Å²) in [6, 6.07) is 7.01. The Morgan fingerprint density at radius 1 is 1.12 bits per heavy atom. The lowest BCUT2D eigenvalue weighted by molar-refractivity contribution is -0.136. The van der Waals surface area contributed by atoms with Gasteiger partial charge in [0.25, 0.3) is 0 Å². The van der Waals surface area contributed by atoms with Crippen LogP contribution in [0.4, 0.5) is 0 Å². The molecule has 2 amide bonds. The van der Waals surface area contributed by atoms with Crippen molar-refractivity contribution in [2.75, 3.05) is 66.5 Å². The number of nitrogens with zero attached hydrogens (tertiary/aromatic N) is 4. The summed E-state index contributed by atoms with van der Waals surface area (Å²) < 4.78 is 5.75. The van der Waals surface area contributed by atoms with Crippen LogP contribution in [0.15, 0.2) is 18.2 Å². The van der Waals surface area contributed by atoms with Gasteiger partial charge in [-0.1, -0.05) is 39.3 Å². The molecule has 0 saturated carbocycles. The quantitative estimate of drug-likeness (QED) is 0.292. The van der Waals surface area contributed by atoms with Gasteiger partial charge in [0.2, 0.25) is 11.8 Å². The van der Waals surface area contributed by atoms with E-state index in [0.29, 0.717) is 24.4 Å². The first-order valence-corrected chi connectivity index (χ1v) is 16.0. The van der Waals surface area contributed by atoms with Gasteiger partial charge in [0.1, 0.15) is 5.75 Å². The molecule has 0 radical (unpaired) electrons. The van der Waals surface area contributed by atoms with Crippen LogP contribution >= 0.6 is 0 Å². The number of ether oxygens (including phenoxy) is 1. The molecule has 0 aromatic heterocycles. The highest BCUT2D eigenvalue weighted by Gasteiger charge is 2.42. The van der Waals surface area contributed by atoms with E-state index in [1.807, 2.05) is 0 Å². The Morgan fingerprint density at radius 3 is 2.62 bits per heavy atom. The zero-order chi connectivity index (χ0) is 28.7.